The molecule has 136 valence electrons. The molecule has 0 unspecified atom stereocenters. The number of sulfonamides is 1. The van der Waals surface area contributed by atoms with Crippen molar-refractivity contribution in [3.8, 4) is 0 Å². The summed E-state index contributed by atoms with van der Waals surface area (Å²) in [6.45, 7) is 4.14. The molecule has 0 spiro atoms. The summed E-state index contributed by atoms with van der Waals surface area (Å²) in [6, 6.07) is 5.88. The number of halogens is 1. The van der Waals surface area contributed by atoms with Crippen molar-refractivity contribution in [3.63, 3.8) is 0 Å². The summed E-state index contributed by atoms with van der Waals surface area (Å²) in [4.78, 5) is 12.0. The molecule has 0 aliphatic rings. The number of carbonyl (C=O) groups excluding carboxylic acids is 1. The number of H-pyrrole nitrogens is 1. The number of hydrogen-bond acceptors (Lipinski definition) is 4. The molecule has 1 amide bonds. The first-order valence-corrected chi connectivity index (χ1v) is 9.68. The van der Waals surface area contributed by atoms with Gasteiger partial charge in [0.25, 0.3) is 0 Å². The summed E-state index contributed by atoms with van der Waals surface area (Å²) in [7, 11) is -3.61. The monoisotopic (exact) mass is 384 g/mol. The lowest BCUT2D eigenvalue weighted by atomic mass is 10.1. The minimum Gasteiger partial charge on any atom is -0.355 e. The van der Waals surface area contributed by atoms with Gasteiger partial charge >= 0.3 is 0 Å². The molecule has 0 atom stereocenters. The molecule has 1 aromatic carbocycles. The highest BCUT2D eigenvalue weighted by Gasteiger charge is 2.13. The lowest BCUT2D eigenvalue weighted by Gasteiger charge is -2.08. The SMILES string of the molecule is Cc1n[nH]c(C)c1CCC(=O)NCCNS(=O)(=O)c1ccc(Cl)cc1. The Morgan fingerprint density at radius 2 is 1.88 bits per heavy atom. The van der Waals surface area contributed by atoms with Crippen molar-refractivity contribution < 1.29 is 13.2 Å². The van der Waals surface area contributed by atoms with Gasteiger partial charge in [-0.2, -0.15) is 5.10 Å². The first kappa shape index (κ1) is 19.4. The zero-order valence-corrected chi connectivity index (χ0v) is 15.7. The van der Waals surface area contributed by atoms with E-state index in [9.17, 15) is 13.2 Å². The standard InChI is InChI=1S/C16H21ClN4O3S/c1-11-15(12(2)21-20-11)7-8-16(22)18-9-10-19-25(23,24)14-5-3-13(17)4-6-14/h3-6,19H,7-10H2,1-2H3,(H,18,22)(H,20,21). The van der Waals surface area contributed by atoms with Gasteiger partial charge in [0, 0.05) is 30.2 Å². The number of rotatable bonds is 8. The zero-order valence-electron chi connectivity index (χ0n) is 14.1. The largest absolute Gasteiger partial charge is 0.355 e. The van der Waals surface area contributed by atoms with Crippen molar-refractivity contribution in [1.82, 2.24) is 20.2 Å². The number of aromatic nitrogens is 2. The van der Waals surface area contributed by atoms with Crippen LogP contribution in [0.4, 0.5) is 0 Å². The van der Waals surface area contributed by atoms with E-state index in [1.165, 1.54) is 24.3 Å². The molecule has 0 fully saturated rings. The van der Waals surface area contributed by atoms with Crippen LogP contribution in [0.3, 0.4) is 0 Å². The van der Waals surface area contributed by atoms with Crippen LogP contribution in [-0.2, 0) is 21.2 Å². The smallest absolute Gasteiger partial charge is 0.240 e. The number of benzene rings is 1. The highest BCUT2D eigenvalue weighted by molar-refractivity contribution is 7.89. The Morgan fingerprint density at radius 1 is 1.20 bits per heavy atom. The number of nitrogens with one attached hydrogen (secondary N) is 3. The molecule has 0 radical (unpaired) electrons. The van der Waals surface area contributed by atoms with E-state index in [4.69, 9.17) is 11.6 Å². The van der Waals surface area contributed by atoms with E-state index in [2.05, 4.69) is 20.2 Å². The molecule has 0 saturated carbocycles. The third kappa shape index (κ3) is 5.55. The molecule has 0 aliphatic carbocycles. The van der Waals surface area contributed by atoms with Gasteiger partial charge in [0.2, 0.25) is 15.9 Å². The van der Waals surface area contributed by atoms with Crippen LogP contribution in [-0.4, -0.2) is 37.6 Å². The van der Waals surface area contributed by atoms with Gasteiger partial charge in [0.05, 0.1) is 10.6 Å². The van der Waals surface area contributed by atoms with Crippen molar-refractivity contribution in [3.05, 3.63) is 46.2 Å². The van der Waals surface area contributed by atoms with Crippen molar-refractivity contribution in [2.24, 2.45) is 0 Å². The third-order valence-corrected chi connectivity index (χ3v) is 5.47. The van der Waals surface area contributed by atoms with Crippen LogP contribution < -0.4 is 10.0 Å². The summed E-state index contributed by atoms with van der Waals surface area (Å²) < 4.78 is 26.6. The van der Waals surface area contributed by atoms with E-state index in [1.54, 1.807) is 0 Å². The molecular formula is C16H21ClN4O3S. The Hall–Kier alpha value is -1.90. The number of aromatic amines is 1. The lowest BCUT2D eigenvalue weighted by molar-refractivity contribution is -0.121. The fourth-order valence-electron chi connectivity index (χ4n) is 2.35. The van der Waals surface area contributed by atoms with Gasteiger partial charge in [-0.3, -0.25) is 9.89 Å². The summed E-state index contributed by atoms with van der Waals surface area (Å²) >= 11 is 5.74. The Morgan fingerprint density at radius 3 is 2.48 bits per heavy atom. The Labute approximate surface area is 152 Å². The second-order valence-corrected chi connectivity index (χ2v) is 7.82. The Bertz CT molecular complexity index is 812. The van der Waals surface area contributed by atoms with Gasteiger partial charge in [-0.1, -0.05) is 11.6 Å². The first-order valence-electron chi connectivity index (χ1n) is 7.82. The van der Waals surface area contributed by atoms with E-state index in [0.29, 0.717) is 17.9 Å². The normalized spacial score (nSPS) is 11.5. The summed E-state index contributed by atoms with van der Waals surface area (Å²) in [5.74, 6) is -0.134. The predicted octanol–water partition coefficient (Wildman–Crippen LogP) is 1.71. The fraction of sp³-hybridized carbons (Fsp3) is 0.375. The molecule has 1 aromatic heterocycles. The van der Waals surface area contributed by atoms with Crippen LogP contribution in [0.15, 0.2) is 29.2 Å². The number of nitrogens with zero attached hydrogens (tertiary/aromatic N) is 1. The van der Waals surface area contributed by atoms with Crippen LogP contribution >= 0.6 is 11.6 Å². The van der Waals surface area contributed by atoms with Gasteiger partial charge in [-0.25, -0.2) is 13.1 Å². The van der Waals surface area contributed by atoms with Gasteiger partial charge in [0.15, 0.2) is 0 Å². The highest BCUT2D eigenvalue weighted by atomic mass is 35.5. The van der Waals surface area contributed by atoms with E-state index in [0.717, 1.165) is 17.0 Å². The maximum absolute atomic E-state index is 12.1. The molecule has 3 N–H and O–H groups in total. The molecular weight excluding hydrogens is 364 g/mol. The minimum absolute atomic E-state index is 0.112. The van der Waals surface area contributed by atoms with Crippen LogP contribution in [0.25, 0.3) is 0 Å². The summed E-state index contributed by atoms with van der Waals surface area (Å²) in [5, 5.41) is 10.1. The quantitative estimate of drug-likeness (QED) is 0.602. The Kier molecular flexibility index (Phi) is 6.57. The minimum atomic E-state index is -3.61. The van der Waals surface area contributed by atoms with E-state index >= 15 is 0 Å². The second-order valence-electron chi connectivity index (χ2n) is 5.61. The van der Waals surface area contributed by atoms with Gasteiger partial charge < -0.3 is 5.32 Å². The van der Waals surface area contributed by atoms with Crippen molar-refractivity contribution in [2.45, 2.75) is 31.6 Å². The second kappa shape index (κ2) is 8.46. The fourth-order valence-corrected chi connectivity index (χ4v) is 3.51. The molecule has 0 bridgehead atoms. The Balaban J connectivity index is 1.73. The van der Waals surface area contributed by atoms with Crippen molar-refractivity contribution >= 4 is 27.5 Å². The molecule has 2 rings (SSSR count). The number of aryl methyl sites for hydroxylation is 2. The van der Waals surface area contributed by atoms with Gasteiger partial charge in [-0.15, -0.1) is 0 Å². The van der Waals surface area contributed by atoms with E-state index in [1.807, 2.05) is 13.8 Å². The molecule has 25 heavy (non-hydrogen) atoms. The maximum Gasteiger partial charge on any atom is 0.240 e. The molecule has 9 heteroatoms. The van der Waals surface area contributed by atoms with Crippen LogP contribution in [0.2, 0.25) is 5.02 Å². The molecule has 0 aliphatic heterocycles. The average Bonchev–Trinajstić information content (AvgIpc) is 2.88. The third-order valence-electron chi connectivity index (χ3n) is 3.75. The van der Waals surface area contributed by atoms with Crippen LogP contribution in [0, 0.1) is 13.8 Å². The van der Waals surface area contributed by atoms with Crippen molar-refractivity contribution in [1.29, 1.82) is 0 Å². The van der Waals surface area contributed by atoms with Crippen LogP contribution in [0.5, 0.6) is 0 Å². The summed E-state index contributed by atoms with van der Waals surface area (Å²) in [5.41, 5.74) is 2.89. The highest BCUT2D eigenvalue weighted by Crippen LogP contribution is 2.13. The van der Waals surface area contributed by atoms with Crippen molar-refractivity contribution in [2.75, 3.05) is 13.1 Å². The average molecular weight is 385 g/mol. The molecule has 7 nitrogen and oxygen atoms in total. The first-order chi connectivity index (χ1) is 11.8. The molecule has 2 aromatic rings. The van der Waals surface area contributed by atoms with E-state index < -0.39 is 10.0 Å². The van der Waals surface area contributed by atoms with Gasteiger partial charge in [0.1, 0.15) is 0 Å². The topological polar surface area (TPSA) is 104 Å². The number of hydrogen-bond donors (Lipinski definition) is 3. The number of carbonyl (C=O) groups is 1. The maximum atomic E-state index is 12.1. The zero-order chi connectivity index (χ0) is 18.4. The summed E-state index contributed by atoms with van der Waals surface area (Å²) in [6.07, 6.45) is 0.918. The van der Waals surface area contributed by atoms with Crippen LogP contribution in [0.1, 0.15) is 23.4 Å². The molecule has 1 heterocycles. The molecule has 0 saturated heterocycles. The van der Waals surface area contributed by atoms with Gasteiger partial charge in [-0.05, 0) is 50.1 Å². The predicted molar refractivity (Wildman–Crippen MR) is 96.0 cm³/mol. The van der Waals surface area contributed by atoms with E-state index in [-0.39, 0.29) is 23.9 Å². The number of amides is 1. The lowest BCUT2D eigenvalue weighted by Crippen LogP contribution is -2.34.